The number of guanidine groups is 1. The zero-order valence-electron chi connectivity index (χ0n) is 15.8. The van der Waals surface area contributed by atoms with Crippen molar-refractivity contribution in [1.82, 2.24) is 15.5 Å². The summed E-state index contributed by atoms with van der Waals surface area (Å²) in [6.45, 7) is 3.41. The predicted octanol–water partition coefficient (Wildman–Crippen LogP) is 1.52. The first kappa shape index (κ1) is 23.2. The molecule has 1 fully saturated rings. The molecule has 8 heteroatoms. The van der Waals surface area contributed by atoms with E-state index in [0.29, 0.717) is 18.9 Å². The minimum absolute atomic E-state index is 0. The molecule has 148 valence electrons. The third kappa shape index (κ3) is 7.79. The first-order valence-corrected chi connectivity index (χ1v) is 10.7. The smallest absolute Gasteiger partial charge is 0.191 e. The van der Waals surface area contributed by atoms with Crippen LogP contribution in [0.25, 0.3) is 0 Å². The van der Waals surface area contributed by atoms with E-state index in [9.17, 15) is 8.42 Å². The Labute approximate surface area is 174 Å². The molecule has 1 aliphatic rings. The Balaban J connectivity index is 0.00000338. The summed E-state index contributed by atoms with van der Waals surface area (Å²) < 4.78 is 23.3. The summed E-state index contributed by atoms with van der Waals surface area (Å²) in [6, 6.07) is 10.6. The number of sulfone groups is 1. The molecule has 0 saturated carbocycles. The zero-order chi connectivity index (χ0) is 18.3. The van der Waals surface area contributed by atoms with Crippen LogP contribution in [0.1, 0.15) is 18.9 Å². The lowest BCUT2D eigenvalue weighted by Gasteiger charge is -2.24. The first-order valence-electron chi connectivity index (χ1n) is 8.85. The summed E-state index contributed by atoms with van der Waals surface area (Å²) in [6.07, 6.45) is 1.57. The summed E-state index contributed by atoms with van der Waals surface area (Å²) in [5.41, 5.74) is 1.29. The number of nitrogens with one attached hydrogen (secondary N) is 2. The SMILES string of the molecule is CCNC(=NCC(Cc1ccccc1)N(C)C)NC1CCS(=O)(=O)C1.I. The molecule has 2 rings (SSSR count). The van der Waals surface area contributed by atoms with Crippen LogP contribution in [0.3, 0.4) is 0 Å². The monoisotopic (exact) mass is 494 g/mol. The standard InChI is InChI=1S/C18H30N4O2S.HI/c1-4-19-18(21-16-10-11-25(23,24)14-16)20-13-17(22(2)3)12-15-8-6-5-7-9-15;/h5-9,16-17H,4,10-14H2,1-3H3,(H2,19,20,21);1H. The molecule has 2 unspecified atom stereocenters. The third-order valence-electron chi connectivity index (χ3n) is 4.42. The Bertz CT molecular complexity index is 665. The van der Waals surface area contributed by atoms with E-state index in [-0.39, 0.29) is 47.6 Å². The van der Waals surface area contributed by atoms with E-state index < -0.39 is 9.84 Å². The van der Waals surface area contributed by atoms with Crippen molar-refractivity contribution in [3.05, 3.63) is 35.9 Å². The van der Waals surface area contributed by atoms with Crippen molar-refractivity contribution >= 4 is 39.8 Å². The van der Waals surface area contributed by atoms with Gasteiger partial charge in [0.25, 0.3) is 0 Å². The lowest BCUT2D eigenvalue weighted by atomic mass is 10.1. The molecule has 1 aliphatic heterocycles. The summed E-state index contributed by atoms with van der Waals surface area (Å²) in [7, 11) is 1.23. The Morgan fingerprint density at radius 1 is 1.31 bits per heavy atom. The molecule has 0 spiro atoms. The van der Waals surface area contributed by atoms with Gasteiger partial charge in [-0.2, -0.15) is 0 Å². The fraction of sp³-hybridized carbons (Fsp3) is 0.611. The van der Waals surface area contributed by atoms with Gasteiger partial charge in [0.05, 0.1) is 18.1 Å². The summed E-state index contributed by atoms with van der Waals surface area (Å²) in [5, 5.41) is 6.49. The van der Waals surface area contributed by atoms with E-state index in [2.05, 4.69) is 53.9 Å². The van der Waals surface area contributed by atoms with Gasteiger partial charge in [-0.15, -0.1) is 24.0 Å². The van der Waals surface area contributed by atoms with Crippen LogP contribution in [0, 0.1) is 0 Å². The molecule has 1 heterocycles. The fourth-order valence-corrected chi connectivity index (χ4v) is 4.59. The highest BCUT2D eigenvalue weighted by atomic mass is 127. The first-order chi connectivity index (χ1) is 11.9. The van der Waals surface area contributed by atoms with Crippen LogP contribution in [-0.2, 0) is 16.3 Å². The average molecular weight is 494 g/mol. The molecule has 26 heavy (non-hydrogen) atoms. The molecule has 2 atom stereocenters. The van der Waals surface area contributed by atoms with Gasteiger partial charge in [0.1, 0.15) is 0 Å². The fourth-order valence-electron chi connectivity index (χ4n) is 2.92. The number of likely N-dealkylation sites (N-methyl/N-ethyl adjacent to an activating group) is 1. The molecule has 0 radical (unpaired) electrons. The highest BCUT2D eigenvalue weighted by Crippen LogP contribution is 2.11. The second kappa shape index (κ2) is 11.1. The van der Waals surface area contributed by atoms with Crippen LogP contribution in [0.2, 0.25) is 0 Å². The van der Waals surface area contributed by atoms with Crippen LogP contribution in [0.4, 0.5) is 0 Å². The van der Waals surface area contributed by atoms with Crippen molar-refractivity contribution < 1.29 is 8.42 Å². The molecule has 0 aromatic heterocycles. The van der Waals surface area contributed by atoms with Crippen LogP contribution in [0.15, 0.2) is 35.3 Å². The van der Waals surface area contributed by atoms with Gasteiger partial charge in [0, 0.05) is 18.6 Å². The number of rotatable bonds is 7. The summed E-state index contributed by atoms with van der Waals surface area (Å²) in [5.74, 6) is 1.15. The van der Waals surface area contributed by atoms with Gasteiger partial charge in [0.15, 0.2) is 15.8 Å². The average Bonchev–Trinajstić information content (AvgIpc) is 2.90. The van der Waals surface area contributed by atoms with E-state index in [0.717, 1.165) is 13.0 Å². The maximum Gasteiger partial charge on any atom is 0.191 e. The number of nitrogens with zero attached hydrogens (tertiary/aromatic N) is 2. The van der Waals surface area contributed by atoms with Gasteiger partial charge in [0.2, 0.25) is 0 Å². The summed E-state index contributed by atoms with van der Waals surface area (Å²) >= 11 is 0. The number of hydrogen-bond acceptors (Lipinski definition) is 4. The van der Waals surface area contributed by atoms with Crippen LogP contribution >= 0.6 is 24.0 Å². The number of halogens is 1. The van der Waals surface area contributed by atoms with Crippen LogP contribution in [0.5, 0.6) is 0 Å². The minimum Gasteiger partial charge on any atom is -0.357 e. The Morgan fingerprint density at radius 2 is 2.00 bits per heavy atom. The molecule has 0 bridgehead atoms. The van der Waals surface area contributed by atoms with E-state index in [1.807, 2.05) is 13.0 Å². The maximum atomic E-state index is 11.6. The Morgan fingerprint density at radius 3 is 2.54 bits per heavy atom. The van der Waals surface area contributed by atoms with Crippen LogP contribution < -0.4 is 10.6 Å². The predicted molar refractivity (Wildman–Crippen MR) is 119 cm³/mol. The number of benzene rings is 1. The van der Waals surface area contributed by atoms with Gasteiger partial charge in [-0.1, -0.05) is 30.3 Å². The van der Waals surface area contributed by atoms with Crippen molar-refractivity contribution in [3.63, 3.8) is 0 Å². The van der Waals surface area contributed by atoms with Crippen molar-refractivity contribution in [2.45, 2.75) is 31.8 Å². The Hall–Kier alpha value is -0.870. The molecule has 6 nitrogen and oxygen atoms in total. The molecule has 1 aromatic rings. The van der Waals surface area contributed by atoms with E-state index in [1.165, 1.54) is 5.56 Å². The van der Waals surface area contributed by atoms with Crippen LogP contribution in [-0.4, -0.2) is 70.1 Å². The molecular weight excluding hydrogens is 463 g/mol. The lowest BCUT2D eigenvalue weighted by molar-refractivity contribution is 0.298. The topological polar surface area (TPSA) is 73.8 Å². The van der Waals surface area contributed by atoms with E-state index in [1.54, 1.807) is 0 Å². The van der Waals surface area contributed by atoms with Gasteiger partial charge >= 0.3 is 0 Å². The normalized spacial score (nSPS) is 20.5. The van der Waals surface area contributed by atoms with Gasteiger partial charge in [-0.05, 0) is 39.4 Å². The molecule has 0 amide bonds. The third-order valence-corrected chi connectivity index (χ3v) is 6.19. The molecule has 2 N–H and O–H groups in total. The Kier molecular flexibility index (Phi) is 9.88. The lowest BCUT2D eigenvalue weighted by Crippen LogP contribution is -2.45. The summed E-state index contributed by atoms with van der Waals surface area (Å²) in [4.78, 5) is 6.88. The van der Waals surface area contributed by atoms with Crippen molar-refractivity contribution in [3.8, 4) is 0 Å². The maximum absolute atomic E-state index is 11.6. The molecule has 1 aromatic carbocycles. The van der Waals surface area contributed by atoms with Crippen molar-refractivity contribution in [1.29, 1.82) is 0 Å². The van der Waals surface area contributed by atoms with E-state index >= 15 is 0 Å². The second-order valence-corrected chi connectivity index (χ2v) is 9.00. The number of hydrogen-bond donors (Lipinski definition) is 2. The highest BCUT2D eigenvalue weighted by Gasteiger charge is 2.28. The second-order valence-electron chi connectivity index (χ2n) is 6.77. The highest BCUT2D eigenvalue weighted by molar-refractivity contribution is 14.0. The molecule has 1 saturated heterocycles. The van der Waals surface area contributed by atoms with Crippen molar-refractivity contribution in [2.75, 3.05) is 38.7 Å². The van der Waals surface area contributed by atoms with Gasteiger partial charge in [-0.25, -0.2) is 8.42 Å². The van der Waals surface area contributed by atoms with Gasteiger partial charge in [-0.3, -0.25) is 4.99 Å². The molecule has 0 aliphatic carbocycles. The largest absolute Gasteiger partial charge is 0.357 e. The van der Waals surface area contributed by atoms with Gasteiger partial charge < -0.3 is 15.5 Å². The van der Waals surface area contributed by atoms with Crippen molar-refractivity contribution in [2.24, 2.45) is 4.99 Å². The molecular formula is C18H31IN4O2S. The number of aliphatic imine (C=N–C) groups is 1. The quantitative estimate of drug-likeness (QED) is 0.342. The zero-order valence-corrected chi connectivity index (χ0v) is 19.0. The minimum atomic E-state index is -2.89. The van der Waals surface area contributed by atoms with E-state index in [4.69, 9.17) is 4.99 Å².